The van der Waals surface area contributed by atoms with Crippen LogP contribution in [0, 0.1) is 5.21 Å². The summed E-state index contributed by atoms with van der Waals surface area (Å²) in [4.78, 5) is 14.1. The number of nitrogens with zero attached hydrogens (tertiary/aromatic N) is 2. The molecule has 0 aromatic rings. The summed E-state index contributed by atoms with van der Waals surface area (Å²) >= 11 is 0. The van der Waals surface area contributed by atoms with E-state index >= 15 is 0 Å². The molecule has 1 rings (SSSR count). The molecule has 2 atom stereocenters. The average Bonchev–Trinajstić information content (AvgIpc) is 2.23. The fourth-order valence-corrected chi connectivity index (χ4v) is 3.85. The molecular weight excluding hydrogens is 240 g/mol. The molecule has 19 heavy (non-hydrogen) atoms. The molecule has 1 aliphatic heterocycles. The van der Waals surface area contributed by atoms with Crippen molar-refractivity contribution in [1.82, 2.24) is 4.90 Å². The van der Waals surface area contributed by atoms with Crippen molar-refractivity contribution in [3.8, 4) is 0 Å². The molecular formula is C15H28N2O2. The van der Waals surface area contributed by atoms with Crippen LogP contribution >= 0.6 is 0 Å². The number of rotatable bonds is 4. The van der Waals surface area contributed by atoms with Gasteiger partial charge in [0.25, 0.3) is 0 Å². The summed E-state index contributed by atoms with van der Waals surface area (Å²) in [5.41, 5.74) is -0.536. The number of hydrogen-bond acceptors (Lipinski definition) is 2. The van der Waals surface area contributed by atoms with Crippen molar-refractivity contribution in [1.29, 1.82) is 0 Å². The summed E-state index contributed by atoms with van der Waals surface area (Å²) in [6.45, 7) is 13.5. The fraction of sp³-hybridized carbons (Fsp3) is 0.867. The molecule has 4 heteroatoms. The average molecular weight is 268 g/mol. The molecule has 2 unspecified atom stereocenters. The summed E-state index contributed by atoms with van der Waals surface area (Å²) < 4.78 is 0.823. The summed E-state index contributed by atoms with van der Waals surface area (Å²) in [6.07, 6.45) is 4.50. The second kappa shape index (κ2) is 5.51. The lowest BCUT2D eigenvalue weighted by molar-refractivity contribution is -0.505. The Labute approximate surface area is 117 Å². The van der Waals surface area contributed by atoms with Gasteiger partial charge in [-0.15, -0.1) is 0 Å². The molecule has 1 fully saturated rings. The van der Waals surface area contributed by atoms with Gasteiger partial charge in [0.1, 0.15) is 6.72 Å². The maximum absolute atomic E-state index is 12.1. The molecule has 0 radical (unpaired) electrons. The van der Waals surface area contributed by atoms with Crippen molar-refractivity contribution in [2.45, 2.75) is 83.8 Å². The molecule has 0 N–H and O–H groups in total. The van der Waals surface area contributed by atoms with E-state index in [1.54, 1.807) is 6.92 Å². The predicted molar refractivity (Wildman–Crippen MR) is 78.3 cm³/mol. The van der Waals surface area contributed by atoms with Crippen LogP contribution in [0.5, 0.6) is 0 Å². The Bertz CT molecular complexity index is 365. The lowest BCUT2D eigenvalue weighted by atomic mass is 9.74. The van der Waals surface area contributed by atoms with E-state index in [4.69, 9.17) is 0 Å². The van der Waals surface area contributed by atoms with Gasteiger partial charge in [0, 0.05) is 30.8 Å². The van der Waals surface area contributed by atoms with Gasteiger partial charge in [-0.2, -0.15) is 0 Å². The van der Waals surface area contributed by atoms with Crippen LogP contribution in [0.25, 0.3) is 0 Å². The minimum absolute atomic E-state index is 0.101. The number of amides is 1. The Morgan fingerprint density at radius 1 is 1.42 bits per heavy atom. The van der Waals surface area contributed by atoms with Gasteiger partial charge in [-0.05, 0) is 27.2 Å². The van der Waals surface area contributed by atoms with Crippen LogP contribution in [0.4, 0.5) is 0 Å². The molecule has 4 nitrogen and oxygen atoms in total. The van der Waals surface area contributed by atoms with Gasteiger partial charge >= 0.3 is 0 Å². The smallest absolute Gasteiger partial charge is 0.220 e. The summed E-state index contributed by atoms with van der Waals surface area (Å²) in [5.74, 6) is 0.101. The highest BCUT2D eigenvalue weighted by Crippen LogP contribution is 2.42. The highest BCUT2D eigenvalue weighted by atomic mass is 16.5. The van der Waals surface area contributed by atoms with Gasteiger partial charge in [-0.3, -0.25) is 4.79 Å². The molecule has 1 aliphatic rings. The zero-order valence-corrected chi connectivity index (χ0v) is 13.0. The first-order valence-electron chi connectivity index (χ1n) is 7.22. The third-order valence-electron chi connectivity index (χ3n) is 4.35. The second-order valence-corrected chi connectivity index (χ2v) is 6.75. The third kappa shape index (κ3) is 3.28. The highest BCUT2D eigenvalue weighted by molar-refractivity contribution is 5.75. The maximum Gasteiger partial charge on any atom is 0.220 e. The number of unbranched alkanes of at least 4 members (excludes halogenated alkanes) is 1. The first-order valence-corrected chi connectivity index (χ1v) is 7.22. The van der Waals surface area contributed by atoms with Gasteiger partial charge in [0.15, 0.2) is 6.04 Å². The predicted octanol–water partition coefficient (Wildman–Crippen LogP) is 2.94. The van der Waals surface area contributed by atoms with E-state index in [-0.39, 0.29) is 23.0 Å². The van der Waals surface area contributed by atoms with Crippen molar-refractivity contribution in [3.63, 3.8) is 0 Å². The van der Waals surface area contributed by atoms with Crippen molar-refractivity contribution in [2.24, 2.45) is 0 Å². The molecule has 0 spiro atoms. The topological polar surface area (TPSA) is 46.4 Å². The Kier molecular flexibility index (Phi) is 4.64. The Hall–Kier alpha value is -1.06. The molecule has 0 aliphatic carbocycles. The summed E-state index contributed by atoms with van der Waals surface area (Å²) in [5, 5.41) is 11.6. The third-order valence-corrected chi connectivity index (χ3v) is 4.35. The molecule has 1 amide bonds. The van der Waals surface area contributed by atoms with Crippen molar-refractivity contribution >= 4 is 12.6 Å². The van der Waals surface area contributed by atoms with Crippen LogP contribution in [0.2, 0.25) is 0 Å². The molecule has 1 saturated heterocycles. The van der Waals surface area contributed by atoms with Crippen LogP contribution in [-0.4, -0.2) is 39.4 Å². The van der Waals surface area contributed by atoms with Crippen LogP contribution in [-0.2, 0) is 4.79 Å². The SMILES string of the molecule is C=[N+]([O-])C1CC(C)(C)N(C(C)=O)C(C)(CCCC)C1. The van der Waals surface area contributed by atoms with Gasteiger partial charge < -0.3 is 10.1 Å². The summed E-state index contributed by atoms with van der Waals surface area (Å²) in [7, 11) is 0. The fourth-order valence-electron chi connectivity index (χ4n) is 3.85. The molecule has 0 aromatic heterocycles. The normalized spacial score (nSPS) is 30.2. The quantitative estimate of drug-likeness (QED) is 0.340. The Balaban J connectivity index is 3.11. The summed E-state index contributed by atoms with van der Waals surface area (Å²) in [6, 6.07) is -0.104. The largest absolute Gasteiger partial charge is 0.624 e. The van der Waals surface area contributed by atoms with E-state index in [0.717, 1.165) is 24.0 Å². The number of carbonyl (C=O) groups is 1. The van der Waals surface area contributed by atoms with Crippen LogP contribution < -0.4 is 0 Å². The van der Waals surface area contributed by atoms with Crippen LogP contribution in [0.3, 0.4) is 0 Å². The van der Waals surface area contributed by atoms with E-state index < -0.39 is 0 Å². The minimum atomic E-state index is -0.294. The van der Waals surface area contributed by atoms with E-state index in [9.17, 15) is 10.0 Å². The van der Waals surface area contributed by atoms with E-state index in [2.05, 4.69) is 20.6 Å². The Morgan fingerprint density at radius 3 is 2.42 bits per heavy atom. The Morgan fingerprint density at radius 2 is 2.00 bits per heavy atom. The standard InChI is InChI=1S/C15H28N2O2/c1-7-8-9-15(5)11-13(16(6)19)10-14(3,4)17(15)12(2)18/h13H,6-11H2,1-5H3. The van der Waals surface area contributed by atoms with Gasteiger partial charge in [0.2, 0.25) is 5.91 Å². The number of hydroxylamine groups is 1. The van der Waals surface area contributed by atoms with Crippen LogP contribution in [0.15, 0.2) is 0 Å². The first-order chi connectivity index (χ1) is 8.64. The molecule has 0 bridgehead atoms. The minimum Gasteiger partial charge on any atom is -0.624 e. The number of carbonyl (C=O) groups excluding carboxylic acids is 1. The van der Waals surface area contributed by atoms with Crippen LogP contribution in [0.1, 0.15) is 66.7 Å². The second-order valence-electron chi connectivity index (χ2n) is 6.75. The zero-order valence-electron chi connectivity index (χ0n) is 13.0. The molecule has 0 saturated carbocycles. The maximum atomic E-state index is 12.1. The van der Waals surface area contributed by atoms with E-state index in [0.29, 0.717) is 12.8 Å². The zero-order chi connectivity index (χ0) is 14.8. The molecule has 0 aromatic carbocycles. The number of likely N-dealkylation sites (tertiary alicyclic amines) is 1. The van der Waals surface area contributed by atoms with Crippen molar-refractivity contribution in [3.05, 3.63) is 5.21 Å². The van der Waals surface area contributed by atoms with Gasteiger partial charge in [0.05, 0.1) is 0 Å². The van der Waals surface area contributed by atoms with Crippen molar-refractivity contribution in [2.75, 3.05) is 0 Å². The number of piperidine rings is 1. The molecule has 1 heterocycles. The van der Waals surface area contributed by atoms with Gasteiger partial charge in [-0.25, -0.2) is 4.74 Å². The van der Waals surface area contributed by atoms with Crippen molar-refractivity contribution < 1.29 is 9.53 Å². The van der Waals surface area contributed by atoms with E-state index in [1.807, 2.05) is 18.7 Å². The molecule has 110 valence electrons. The monoisotopic (exact) mass is 268 g/mol. The lowest BCUT2D eigenvalue weighted by Crippen LogP contribution is -2.65. The first kappa shape index (κ1) is 16.0. The number of hydrogen-bond donors (Lipinski definition) is 0. The van der Waals surface area contributed by atoms with Gasteiger partial charge in [-0.1, -0.05) is 19.8 Å². The van der Waals surface area contributed by atoms with E-state index in [1.165, 1.54) is 0 Å². The lowest BCUT2D eigenvalue weighted by Gasteiger charge is -2.55. The highest BCUT2D eigenvalue weighted by Gasteiger charge is 2.51.